The number of rotatable bonds is 3. The predicted octanol–water partition coefficient (Wildman–Crippen LogP) is 3.57. The number of benzene rings is 1. The third-order valence-corrected chi connectivity index (χ3v) is 7.64. The zero-order valence-electron chi connectivity index (χ0n) is 23.4. The van der Waals surface area contributed by atoms with Crippen LogP contribution >= 0.6 is 0 Å². The minimum atomic E-state index is -1.13. The van der Waals surface area contributed by atoms with Crippen molar-refractivity contribution in [3.8, 4) is 0 Å². The van der Waals surface area contributed by atoms with Crippen LogP contribution in [0.3, 0.4) is 0 Å². The number of para-hydroxylation sites is 1. The Morgan fingerprint density at radius 1 is 1.10 bits per heavy atom. The Kier molecular flexibility index (Phi) is 8.48. The van der Waals surface area contributed by atoms with E-state index in [1.54, 1.807) is 37.0 Å². The monoisotopic (exact) mass is 546 g/mol. The maximum absolute atomic E-state index is 13.5. The van der Waals surface area contributed by atoms with E-state index in [0.717, 1.165) is 23.9 Å². The normalized spacial score (nSPS) is 24.1. The minimum absolute atomic E-state index is 0.0490. The number of ether oxygens (including phenoxy) is 2. The molecule has 0 spiro atoms. The van der Waals surface area contributed by atoms with Gasteiger partial charge in [-0.2, -0.15) is 0 Å². The number of aryl methyl sites for hydroxylation is 1. The fourth-order valence-electron chi connectivity index (χ4n) is 5.39. The molecule has 39 heavy (non-hydrogen) atoms. The number of methoxy groups -OCH3 is 1. The smallest absolute Gasteiger partial charge is 0.410 e. The molecule has 1 saturated carbocycles. The van der Waals surface area contributed by atoms with E-state index in [9.17, 15) is 23.6 Å². The topological polar surface area (TPSA) is 112 Å². The lowest BCUT2D eigenvalue weighted by Gasteiger charge is -2.34. The third kappa shape index (κ3) is 6.18. The van der Waals surface area contributed by atoms with Gasteiger partial charge in [0, 0.05) is 27.1 Å². The number of hydrogen-bond donors (Lipinski definition) is 1. The van der Waals surface area contributed by atoms with Crippen LogP contribution in [-0.2, 0) is 26.1 Å². The first kappa shape index (κ1) is 28.8. The molecule has 2 aliphatic heterocycles. The van der Waals surface area contributed by atoms with E-state index in [1.165, 1.54) is 24.0 Å². The summed E-state index contributed by atoms with van der Waals surface area (Å²) in [5.74, 6) is -0.151. The van der Waals surface area contributed by atoms with Crippen LogP contribution in [0, 0.1) is 0 Å². The van der Waals surface area contributed by atoms with Crippen LogP contribution < -0.4 is 11.0 Å². The lowest BCUT2D eigenvalue weighted by atomic mass is 9.79. The number of alkyl halides is 1. The zero-order chi connectivity index (χ0) is 28.5. The summed E-state index contributed by atoms with van der Waals surface area (Å²) in [7, 11) is 3.25. The summed E-state index contributed by atoms with van der Waals surface area (Å²) in [6.07, 6.45) is 2.68. The number of hydrogen-bond acceptors (Lipinski definition) is 6. The number of nitrogens with zero attached hydrogens (tertiary/aromatic N) is 3. The van der Waals surface area contributed by atoms with Crippen LogP contribution in [0.4, 0.5) is 9.18 Å². The van der Waals surface area contributed by atoms with Crippen molar-refractivity contribution in [2.24, 2.45) is 7.05 Å². The predicted molar refractivity (Wildman–Crippen MR) is 143 cm³/mol. The number of amides is 3. The molecule has 3 aliphatic rings. The third-order valence-electron chi connectivity index (χ3n) is 7.64. The molecule has 2 aromatic rings. The van der Waals surface area contributed by atoms with Crippen molar-refractivity contribution in [3.63, 3.8) is 0 Å². The summed E-state index contributed by atoms with van der Waals surface area (Å²) in [5, 5.41) is 2.34. The van der Waals surface area contributed by atoms with Crippen molar-refractivity contribution in [3.05, 3.63) is 34.2 Å². The van der Waals surface area contributed by atoms with Gasteiger partial charge in [0.25, 0.3) is 0 Å². The largest absolute Gasteiger partial charge is 0.444 e. The van der Waals surface area contributed by atoms with E-state index in [1.807, 2.05) is 12.1 Å². The number of halogens is 1. The highest BCUT2D eigenvalue weighted by Gasteiger charge is 2.34. The average molecular weight is 547 g/mol. The Morgan fingerprint density at radius 2 is 1.82 bits per heavy atom. The standard InChI is InChI=1S/C17H19N3O3.C11H20FNO3/c1-19-15-11(10-4-2-5-10)6-3-7-12(15)20(17(19)23)13-8-9-14(21)18-16(13)22;1-11(2,3)16-10(14)13-6-5-9(15-4)8(12)7-13/h3,6-7,10,13H,2,4-5,8-9H2,1H3,(H,18,21,22);8-9H,5-7H2,1-4H3. The van der Waals surface area contributed by atoms with Crippen LogP contribution in [-0.4, -0.2) is 70.0 Å². The molecule has 0 radical (unpaired) electrons. The molecule has 1 aromatic heterocycles. The van der Waals surface area contributed by atoms with E-state index in [2.05, 4.69) is 11.4 Å². The number of carbonyl (C=O) groups excluding carboxylic acids is 3. The van der Waals surface area contributed by atoms with Gasteiger partial charge in [-0.25, -0.2) is 14.0 Å². The molecular formula is C28H39FN4O6. The van der Waals surface area contributed by atoms with Crippen molar-refractivity contribution < 1.29 is 28.2 Å². The van der Waals surface area contributed by atoms with Gasteiger partial charge < -0.3 is 14.4 Å². The molecule has 1 N–H and O–H groups in total. The molecule has 3 amide bonds. The first-order valence-electron chi connectivity index (χ1n) is 13.6. The molecule has 3 atom stereocenters. The molecule has 10 nitrogen and oxygen atoms in total. The van der Waals surface area contributed by atoms with E-state index >= 15 is 0 Å². The van der Waals surface area contributed by atoms with Gasteiger partial charge in [0.1, 0.15) is 17.8 Å². The van der Waals surface area contributed by atoms with Crippen molar-refractivity contribution in [2.75, 3.05) is 20.2 Å². The Hall–Kier alpha value is -3.21. The summed E-state index contributed by atoms with van der Waals surface area (Å²) in [4.78, 5) is 49.4. The highest BCUT2D eigenvalue weighted by Crippen LogP contribution is 2.39. The summed E-state index contributed by atoms with van der Waals surface area (Å²) < 4.78 is 26.9. The molecule has 2 saturated heterocycles. The van der Waals surface area contributed by atoms with Crippen LogP contribution in [0.2, 0.25) is 0 Å². The molecule has 3 heterocycles. The molecular weight excluding hydrogens is 507 g/mol. The van der Waals surface area contributed by atoms with E-state index in [4.69, 9.17) is 9.47 Å². The number of piperidine rings is 2. The highest BCUT2D eigenvalue weighted by molar-refractivity contribution is 6.00. The lowest BCUT2D eigenvalue weighted by Crippen LogP contribution is -2.49. The fourth-order valence-corrected chi connectivity index (χ4v) is 5.39. The molecule has 3 fully saturated rings. The first-order chi connectivity index (χ1) is 18.4. The Morgan fingerprint density at radius 3 is 2.38 bits per heavy atom. The Bertz CT molecular complexity index is 1290. The van der Waals surface area contributed by atoms with Gasteiger partial charge in [0.15, 0.2) is 0 Å². The van der Waals surface area contributed by atoms with Gasteiger partial charge in [-0.1, -0.05) is 18.6 Å². The van der Waals surface area contributed by atoms with Crippen molar-refractivity contribution in [2.45, 2.75) is 89.1 Å². The van der Waals surface area contributed by atoms with Gasteiger partial charge in [-0.05, 0) is 64.0 Å². The van der Waals surface area contributed by atoms with Crippen molar-refractivity contribution in [1.82, 2.24) is 19.4 Å². The Balaban J connectivity index is 0.000000195. The van der Waals surface area contributed by atoms with Crippen molar-refractivity contribution in [1.29, 1.82) is 0 Å². The van der Waals surface area contributed by atoms with Gasteiger partial charge >= 0.3 is 11.8 Å². The van der Waals surface area contributed by atoms with Gasteiger partial charge in [0.2, 0.25) is 11.8 Å². The second kappa shape index (κ2) is 11.5. The van der Waals surface area contributed by atoms with E-state index in [-0.39, 0.29) is 30.5 Å². The summed E-state index contributed by atoms with van der Waals surface area (Å²) >= 11 is 0. The first-order valence-corrected chi connectivity index (χ1v) is 13.6. The van der Waals surface area contributed by atoms with Gasteiger partial charge in [-0.15, -0.1) is 0 Å². The number of aromatic nitrogens is 2. The fraction of sp³-hybridized carbons (Fsp3) is 0.643. The number of carbonyl (C=O) groups is 3. The summed E-state index contributed by atoms with van der Waals surface area (Å²) in [6, 6.07) is 5.32. The summed E-state index contributed by atoms with van der Waals surface area (Å²) in [5.41, 5.74) is 2.17. The van der Waals surface area contributed by atoms with Crippen LogP contribution in [0.1, 0.15) is 76.8 Å². The Labute approximate surface area is 227 Å². The maximum Gasteiger partial charge on any atom is 0.410 e. The van der Waals surface area contributed by atoms with Crippen LogP contribution in [0.25, 0.3) is 11.0 Å². The van der Waals surface area contributed by atoms with Gasteiger partial charge in [-0.3, -0.25) is 24.0 Å². The molecule has 1 aromatic carbocycles. The quantitative estimate of drug-likeness (QED) is 0.590. The number of imidazole rings is 1. The second-order valence-electron chi connectivity index (χ2n) is 11.5. The molecule has 3 unspecified atom stereocenters. The lowest BCUT2D eigenvalue weighted by molar-refractivity contribution is -0.135. The molecule has 5 rings (SSSR count). The maximum atomic E-state index is 13.5. The SMILES string of the molecule is COC1CCN(C(=O)OC(C)(C)C)CC1F.Cn1c(=O)n(C2CCC(=O)NC2=O)c2cccc(C3CCC3)c21. The number of fused-ring (bicyclic) bond motifs is 1. The minimum Gasteiger partial charge on any atom is -0.444 e. The summed E-state index contributed by atoms with van der Waals surface area (Å²) in [6.45, 7) is 5.90. The van der Waals surface area contributed by atoms with Crippen LogP contribution in [0.5, 0.6) is 0 Å². The molecule has 11 heteroatoms. The average Bonchev–Trinajstić information content (AvgIpc) is 3.08. The van der Waals surface area contributed by atoms with Crippen molar-refractivity contribution >= 4 is 28.9 Å². The van der Waals surface area contributed by atoms with E-state index < -0.39 is 30.0 Å². The van der Waals surface area contributed by atoms with Gasteiger partial charge in [0.05, 0.1) is 23.7 Å². The number of likely N-dealkylation sites (tertiary alicyclic amines) is 1. The highest BCUT2D eigenvalue weighted by atomic mass is 19.1. The molecule has 0 bridgehead atoms. The number of imide groups is 1. The molecule has 1 aliphatic carbocycles. The zero-order valence-corrected chi connectivity index (χ0v) is 23.4. The number of nitrogens with one attached hydrogen (secondary N) is 1. The second-order valence-corrected chi connectivity index (χ2v) is 11.5. The van der Waals surface area contributed by atoms with Crippen LogP contribution in [0.15, 0.2) is 23.0 Å². The van der Waals surface area contributed by atoms with E-state index in [0.29, 0.717) is 25.3 Å². The molecule has 214 valence electrons.